The minimum absolute atomic E-state index is 0.0168. The molecule has 0 unspecified atom stereocenters. The van der Waals surface area contributed by atoms with Crippen LogP contribution < -0.4 is 4.74 Å². The molecule has 2 N–H and O–H groups in total. The van der Waals surface area contributed by atoms with Gasteiger partial charge in [0.1, 0.15) is 5.69 Å². The Bertz CT molecular complexity index is 652. The summed E-state index contributed by atoms with van der Waals surface area (Å²) in [4.78, 5) is 14.2. The van der Waals surface area contributed by atoms with E-state index in [0.29, 0.717) is 11.0 Å². The number of hydrogen-bond acceptors (Lipinski definition) is 5. The summed E-state index contributed by atoms with van der Waals surface area (Å²) in [6.07, 6.45) is -3.90. The van der Waals surface area contributed by atoms with Crippen molar-refractivity contribution < 1.29 is 33.0 Å². The number of hydrogen-bond donors (Lipinski definition) is 2. The Labute approximate surface area is 115 Å². The van der Waals surface area contributed by atoms with E-state index < -0.39 is 24.3 Å². The number of carboxylic acids is 1. The van der Waals surface area contributed by atoms with Crippen LogP contribution >= 0.6 is 0 Å². The highest BCUT2D eigenvalue weighted by molar-refractivity contribution is 5.68. The second-order valence-corrected chi connectivity index (χ2v) is 3.87. The highest BCUT2D eigenvalue weighted by atomic mass is 19.4. The van der Waals surface area contributed by atoms with Crippen molar-refractivity contribution >= 4 is 5.97 Å². The van der Waals surface area contributed by atoms with Crippen LogP contribution in [0.2, 0.25) is 0 Å². The molecule has 2 heterocycles. The second-order valence-electron chi connectivity index (χ2n) is 3.87. The van der Waals surface area contributed by atoms with Gasteiger partial charge in [0, 0.05) is 12.3 Å². The molecule has 0 amide bonds. The molecule has 0 fully saturated rings. The predicted molar refractivity (Wildman–Crippen MR) is 60.8 cm³/mol. The zero-order valence-electron chi connectivity index (χ0n) is 10.2. The summed E-state index contributed by atoms with van der Waals surface area (Å²) in [5, 5.41) is 21.4. The summed E-state index contributed by atoms with van der Waals surface area (Å²) >= 11 is 0. The van der Waals surface area contributed by atoms with E-state index in [9.17, 15) is 23.2 Å². The molecule has 0 aliphatic rings. The van der Waals surface area contributed by atoms with Crippen molar-refractivity contribution in [1.29, 1.82) is 0 Å². The van der Waals surface area contributed by atoms with Gasteiger partial charge in [-0.1, -0.05) is 9.94 Å². The minimum Gasteiger partial charge on any atom is -0.479 e. The van der Waals surface area contributed by atoms with Crippen molar-refractivity contribution in [2.24, 2.45) is 0 Å². The van der Waals surface area contributed by atoms with E-state index in [1.807, 2.05) is 0 Å². The molecule has 0 atom stereocenters. The first-order valence-corrected chi connectivity index (χ1v) is 5.45. The lowest BCUT2D eigenvalue weighted by molar-refractivity contribution is -0.139. The zero-order chi connectivity index (χ0) is 15.6. The third-order valence-corrected chi connectivity index (χ3v) is 2.37. The Morgan fingerprint density at radius 3 is 2.62 bits per heavy atom. The molecular weight excluding hydrogens is 295 g/mol. The first-order chi connectivity index (χ1) is 9.77. The van der Waals surface area contributed by atoms with Crippen molar-refractivity contribution in [2.75, 3.05) is 6.61 Å². The van der Waals surface area contributed by atoms with Crippen molar-refractivity contribution in [2.45, 2.75) is 6.18 Å². The number of carboxylic acid groups (broad SMARTS) is 1. The molecule has 0 saturated carbocycles. The van der Waals surface area contributed by atoms with Crippen molar-refractivity contribution in [3.05, 3.63) is 30.0 Å². The Kier molecular flexibility index (Phi) is 3.70. The van der Waals surface area contributed by atoms with Crippen LogP contribution in [0.1, 0.15) is 5.56 Å². The summed E-state index contributed by atoms with van der Waals surface area (Å²) in [7, 11) is 0. The fourth-order valence-electron chi connectivity index (χ4n) is 1.45. The van der Waals surface area contributed by atoms with E-state index >= 15 is 0 Å². The summed E-state index contributed by atoms with van der Waals surface area (Å²) in [5.41, 5.74) is -0.954. The molecule has 0 spiro atoms. The van der Waals surface area contributed by atoms with Gasteiger partial charge in [0.05, 0.1) is 11.3 Å². The van der Waals surface area contributed by atoms with E-state index in [2.05, 4.69) is 10.1 Å². The molecule has 112 valence electrons. The molecule has 2 rings (SSSR count). The molecule has 21 heavy (non-hydrogen) atoms. The van der Waals surface area contributed by atoms with Gasteiger partial charge in [-0.05, 0) is 12.1 Å². The quantitative estimate of drug-likeness (QED) is 0.834. The van der Waals surface area contributed by atoms with Gasteiger partial charge in [0.2, 0.25) is 5.88 Å². The highest BCUT2D eigenvalue weighted by Crippen LogP contribution is 2.30. The number of pyridine rings is 1. The number of carbonyl (C=O) groups is 1. The van der Waals surface area contributed by atoms with Gasteiger partial charge in [-0.2, -0.15) is 13.2 Å². The topological polar surface area (TPSA) is 97.5 Å². The van der Waals surface area contributed by atoms with Gasteiger partial charge in [-0.3, -0.25) is 4.98 Å². The van der Waals surface area contributed by atoms with Crippen LogP contribution in [0.5, 0.6) is 5.88 Å². The second kappa shape index (κ2) is 5.31. The molecule has 2 aromatic rings. The fraction of sp³-hybridized carbons (Fsp3) is 0.182. The number of nitrogens with zero attached hydrogens (tertiary/aromatic N) is 3. The highest BCUT2D eigenvalue weighted by Gasteiger charge is 2.30. The van der Waals surface area contributed by atoms with Gasteiger partial charge >= 0.3 is 12.1 Å². The molecule has 2 aromatic heterocycles. The van der Waals surface area contributed by atoms with Crippen LogP contribution in [-0.2, 0) is 11.0 Å². The third kappa shape index (κ3) is 3.41. The number of rotatable bonds is 4. The molecule has 0 radical (unpaired) electrons. The molecule has 7 nitrogen and oxygen atoms in total. The van der Waals surface area contributed by atoms with Crippen LogP contribution in [-0.4, -0.2) is 37.8 Å². The zero-order valence-corrected chi connectivity index (χ0v) is 10.2. The average Bonchev–Trinajstić information content (AvgIpc) is 2.77. The average molecular weight is 303 g/mol. The molecule has 0 aliphatic heterocycles. The van der Waals surface area contributed by atoms with E-state index in [0.717, 1.165) is 18.2 Å². The van der Waals surface area contributed by atoms with Crippen LogP contribution in [0.25, 0.3) is 11.4 Å². The SMILES string of the molecule is O=C(O)COc1cc(-c2ccc(C(F)(F)F)cn2)n(O)n1. The van der Waals surface area contributed by atoms with Crippen LogP contribution in [0.4, 0.5) is 13.2 Å². The molecule has 0 bridgehead atoms. The van der Waals surface area contributed by atoms with Crippen LogP contribution in [0.15, 0.2) is 24.4 Å². The van der Waals surface area contributed by atoms with Gasteiger partial charge in [0.25, 0.3) is 0 Å². The molecule has 0 saturated heterocycles. The van der Waals surface area contributed by atoms with Crippen LogP contribution in [0.3, 0.4) is 0 Å². The number of alkyl halides is 3. The van der Waals surface area contributed by atoms with Crippen LogP contribution in [0, 0.1) is 0 Å². The lowest BCUT2D eigenvalue weighted by atomic mass is 10.2. The third-order valence-electron chi connectivity index (χ3n) is 2.37. The van der Waals surface area contributed by atoms with Gasteiger partial charge in [-0.15, -0.1) is 0 Å². The minimum atomic E-state index is -4.51. The summed E-state index contributed by atoms with van der Waals surface area (Å²) < 4.78 is 41.9. The lowest BCUT2D eigenvalue weighted by Gasteiger charge is -2.06. The van der Waals surface area contributed by atoms with E-state index in [1.165, 1.54) is 0 Å². The number of ether oxygens (including phenoxy) is 1. The van der Waals surface area contributed by atoms with Crippen molar-refractivity contribution in [3.8, 4) is 17.3 Å². The first kappa shape index (κ1) is 14.6. The maximum Gasteiger partial charge on any atom is 0.417 e. The van der Waals surface area contributed by atoms with Crippen molar-refractivity contribution in [1.82, 2.24) is 14.9 Å². The van der Waals surface area contributed by atoms with E-state index in [1.54, 1.807) is 0 Å². The summed E-state index contributed by atoms with van der Waals surface area (Å²) in [6.45, 7) is -0.670. The number of aliphatic carboxylic acids is 1. The molecule has 10 heteroatoms. The largest absolute Gasteiger partial charge is 0.479 e. The van der Waals surface area contributed by atoms with E-state index in [-0.39, 0.29) is 17.3 Å². The molecule has 0 aromatic carbocycles. The summed E-state index contributed by atoms with van der Waals surface area (Å²) in [6, 6.07) is 3.00. The number of halogens is 3. The maximum absolute atomic E-state index is 12.4. The fourth-order valence-corrected chi connectivity index (χ4v) is 1.45. The van der Waals surface area contributed by atoms with Gasteiger partial charge in [-0.25, -0.2) is 4.79 Å². The molecule has 0 aliphatic carbocycles. The maximum atomic E-state index is 12.4. The first-order valence-electron chi connectivity index (χ1n) is 5.45. The lowest BCUT2D eigenvalue weighted by Crippen LogP contribution is -2.09. The summed E-state index contributed by atoms with van der Waals surface area (Å²) in [5.74, 6) is -1.44. The van der Waals surface area contributed by atoms with E-state index in [4.69, 9.17) is 9.84 Å². The van der Waals surface area contributed by atoms with Gasteiger partial charge < -0.3 is 15.1 Å². The molecular formula is C11H8F3N3O4. The van der Waals surface area contributed by atoms with Gasteiger partial charge in [0.15, 0.2) is 6.61 Å². The standard InChI is InChI=1S/C11H8F3N3O4/c12-11(13,14)6-1-2-7(15-4-6)8-3-9(16-17(8)20)21-5-10(18)19/h1-4,20H,5H2,(H,18,19). The monoisotopic (exact) mass is 303 g/mol. The Morgan fingerprint density at radius 1 is 1.38 bits per heavy atom. The predicted octanol–water partition coefficient (Wildman–Crippen LogP) is 1.66. The Morgan fingerprint density at radius 2 is 2.10 bits per heavy atom. The Hall–Kier alpha value is -2.78. The Balaban J connectivity index is 2.24. The smallest absolute Gasteiger partial charge is 0.417 e. The normalized spacial score (nSPS) is 11.4. The van der Waals surface area contributed by atoms with Crippen molar-refractivity contribution in [3.63, 3.8) is 0 Å². The number of aromatic nitrogens is 3.